The van der Waals surface area contributed by atoms with Crippen LogP contribution in [0.5, 0.6) is 0 Å². The number of aliphatic hydroxyl groups is 1. The zero-order chi connectivity index (χ0) is 13.3. The maximum absolute atomic E-state index is 11.2. The largest absolute Gasteiger partial charge is 0.458 e. The Morgan fingerprint density at radius 1 is 1.18 bits per heavy atom. The lowest BCUT2D eigenvalue weighted by Crippen LogP contribution is -2.40. The number of allylic oxidation sites excluding steroid dienone is 2. The van der Waals surface area contributed by atoms with Crippen molar-refractivity contribution in [2.45, 2.75) is 26.4 Å². The minimum absolute atomic E-state index is 0.198. The van der Waals surface area contributed by atoms with Crippen molar-refractivity contribution < 1.29 is 24.2 Å². The van der Waals surface area contributed by atoms with Gasteiger partial charge in [0.2, 0.25) is 0 Å². The summed E-state index contributed by atoms with van der Waals surface area (Å²) < 4.78 is 9.81. The molecular formula is C12H18O5. The van der Waals surface area contributed by atoms with Crippen LogP contribution in [0.1, 0.15) is 20.8 Å². The molecule has 0 fully saturated rings. The third-order valence-corrected chi connectivity index (χ3v) is 1.81. The molecule has 0 aliphatic rings. The van der Waals surface area contributed by atoms with E-state index in [0.717, 1.165) is 0 Å². The predicted octanol–water partition coefficient (Wildman–Crippen LogP) is 0.976. The number of rotatable bonds is 6. The number of hydrogen-bond donors (Lipinski definition) is 1. The standard InChI is InChI=1S/C12H18O5/c1-4-6-10(14)16-9-12(3,8-13)17-11(15)7-5-2/h4-7,13H,8-9H2,1-3H3/b6-4+,7-5+. The van der Waals surface area contributed by atoms with E-state index >= 15 is 0 Å². The maximum Gasteiger partial charge on any atom is 0.331 e. The molecule has 5 nitrogen and oxygen atoms in total. The van der Waals surface area contributed by atoms with Crippen LogP contribution in [0.2, 0.25) is 0 Å². The Morgan fingerprint density at radius 3 is 2.18 bits per heavy atom. The molecule has 0 saturated carbocycles. The molecule has 0 radical (unpaired) electrons. The second kappa shape index (κ2) is 7.62. The van der Waals surface area contributed by atoms with Crippen LogP contribution in [0.3, 0.4) is 0 Å². The molecule has 0 aliphatic carbocycles. The van der Waals surface area contributed by atoms with Crippen LogP contribution >= 0.6 is 0 Å². The van der Waals surface area contributed by atoms with Gasteiger partial charge in [0.25, 0.3) is 0 Å². The van der Waals surface area contributed by atoms with Crippen molar-refractivity contribution in [3.05, 3.63) is 24.3 Å². The number of carbonyl (C=O) groups excluding carboxylic acids is 2. The highest BCUT2D eigenvalue weighted by atomic mass is 16.6. The first kappa shape index (κ1) is 15.4. The summed E-state index contributed by atoms with van der Waals surface area (Å²) in [6.45, 7) is 4.20. The first-order valence-electron chi connectivity index (χ1n) is 5.23. The zero-order valence-corrected chi connectivity index (χ0v) is 10.3. The monoisotopic (exact) mass is 242 g/mol. The van der Waals surface area contributed by atoms with Gasteiger partial charge in [-0.3, -0.25) is 0 Å². The smallest absolute Gasteiger partial charge is 0.331 e. The molecule has 0 amide bonds. The number of aliphatic hydroxyl groups excluding tert-OH is 1. The van der Waals surface area contributed by atoms with E-state index in [0.29, 0.717) is 0 Å². The number of ether oxygens (including phenoxy) is 2. The zero-order valence-electron chi connectivity index (χ0n) is 10.3. The van der Waals surface area contributed by atoms with E-state index in [9.17, 15) is 9.59 Å². The molecule has 0 heterocycles. The van der Waals surface area contributed by atoms with Gasteiger partial charge in [-0.1, -0.05) is 12.2 Å². The quantitative estimate of drug-likeness (QED) is 0.555. The van der Waals surface area contributed by atoms with Crippen LogP contribution < -0.4 is 0 Å². The van der Waals surface area contributed by atoms with Crippen molar-refractivity contribution in [2.75, 3.05) is 13.2 Å². The molecule has 0 rings (SSSR count). The fourth-order valence-electron chi connectivity index (χ4n) is 0.928. The van der Waals surface area contributed by atoms with E-state index in [-0.39, 0.29) is 6.61 Å². The van der Waals surface area contributed by atoms with Crippen molar-refractivity contribution in [2.24, 2.45) is 0 Å². The average molecular weight is 242 g/mol. The fraction of sp³-hybridized carbons (Fsp3) is 0.500. The Bertz CT molecular complexity index is 319. The van der Waals surface area contributed by atoms with Crippen molar-refractivity contribution in [1.29, 1.82) is 0 Å². The summed E-state index contributed by atoms with van der Waals surface area (Å²) in [5, 5.41) is 9.13. The van der Waals surface area contributed by atoms with E-state index in [1.54, 1.807) is 13.8 Å². The van der Waals surface area contributed by atoms with Crippen LogP contribution in [0.25, 0.3) is 0 Å². The second-order valence-electron chi connectivity index (χ2n) is 3.64. The highest BCUT2D eigenvalue weighted by molar-refractivity contribution is 5.82. The van der Waals surface area contributed by atoms with Crippen molar-refractivity contribution >= 4 is 11.9 Å². The summed E-state index contributed by atoms with van der Waals surface area (Å²) in [5.74, 6) is -1.14. The van der Waals surface area contributed by atoms with Crippen molar-refractivity contribution in [3.63, 3.8) is 0 Å². The van der Waals surface area contributed by atoms with Gasteiger partial charge < -0.3 is 14.6 Å². The van der Waals surface area contributed by atoms with Crippen LogP contribution in [0.15, 0.2) is 24.3 Å². The Balaban J connectivity index is 4.37. The van der Waals surface area contributed by atoms with Crippen LogP contribution in [-0.4, -0.2) is 35.9 Å². The van der Waals surface area contributed by atoms with Gasteiger partial charge in [0.15, 0.2) is 5.60 Å². The van der Waals surface area contributed by atoms with Gasteiger partial charge in [0, 0.05) is 12.2 Å². The summed E-state index contributed by atoms with van der Waals surface area (Å²) in [7, 11) is 0. The summed E-state index contributed by atoms with van der Waals surface area (Å²) in [4.78, 5) is 22.3. The molecule has 1 unspecified atom stereocenters. The van der Waals surface area contributed by atoms with Gasteiger partial charge in [0.1, 0.15) is 6.61 Å². The van der Waals surface area contributed by atoms with E-state index in [4.69, 9.17) is 14.6 Å². The Kier molecular flexibility index (Phi) is 6.89. The SMILES string of the molecule is C/C=C/C(=O)OCC(C)(CO)OC(=O)/C=C/C. The minimum Gasteiger partial charge on any atom is -0.458 e. The fourth-order valence-corrected chi connectivity index (χ4v) is 0.928. The number of hydrogen-bond acceptors (Lipinski definition) is 5. The summed E-state index contributed by atoms with van der Waals surface area (Å²) in [6.07, 6.45) is 5.52. The second-order valence-corrected chi connectivity index (χ2v) is 3.64. The third-order valence-electron chi connectivity index (χ3n) is 1.81. The van der Waals surface area contributed by atoms with Crippen molar-refractivity contribution in [3.8, 4) is 0 Å². The number of carbonyl (C=O) groups is 2. The van der Waals surface area contributed by atoms with Gasteiger partial charge in [-0.15, -0.1) is 0 Å². The first-order chi connectivity index (χ1) is 7.97. The Hall–Kier alpha value is -1.62. The summed E-state index contributed by atoms with van der Waals surface area (Å²) in [6, 6.07) is 0. The van der Waals surface area contributed by atoms with Gasteiger partial charge in [-0.2, -0.15) is 0 Å². The molecule has 0 bridgehead atoms. The normalized spacial score (nSPS) is 14.8. The first-order valence-corrected chi connectivity index (χ1v) is 5.23. The minimum atomic E-state index is -1.23. The highest BCUT2D eigenvalue weighted by Gasteiger charge is 2.29. The third kappa shape index (κ3) is 6.52. The predicted molar refractivity (Wildman–Crippen MR) is 62.2 cm³/mol. The average Bonchev–Trinajstić information content (AvgIpc) is 2.27. The highest BCUT2D eigenvalue weighted by Crippen LogP contribution is 2.11. The molecule has 0 aromatic heterocycles. The van der Waals surface area contributed by atoms with E-state index in [1.165, 1.54) is 31.2 Å². The maximum atomic E-state index is 11.2. The van der Waals surface area contributed by atoms with Gasteiger partial charge >= 0.3 is 11.9 Å². The molecular weight excluding hydrogens is 224 g/mol. The Morgan fingerprint density at radius 2 is 1.71 bits per heavy atom. The molecule has 1 atom stereocenters. The van der Waals surface area contributed by atoms with Crippen molar-refractivity contribution in [1.82, 2.24) is 0 Å². The molecule has 0 aliphatic heterocycles. The van der Waals surface area contributed by atoms with Crippen LogP contribution in [0.4, 0.5) is 0 Å². The molecule has 0 saturated heterocycles. The van der Waals surface area contributed by atoms with Gasteiger partial charge in [0.05, 0.1) is 6.61 Å². The van der Waals surface area contributed by atoms with Crippen LogP contribution in [0, 0.1) is 0 Å². The molecule has 0 spiro atoms. The van der Waals surface area contributed by atoms with Gasteiger partial charge in [-0.25, -0.2) is 9.59 Å². The molecule has 17 heavy (non-hydrogen) atoms. The number of esters is 2. The van der Waals surface area contributed by atoms with E-state index in [2.05, 4.69) is 0 Å². The van der Waals surface area contributed by atoms with Crippen LogP contribution in [-0.2, 0) is 19.1 Å². The summed E-state index contributed by atoms with van der Waals surface area (Å²) in [5.41, 5.74) is -1.23. The lowest BCUT2D eigenvalue weighted by Gasteiger charge is -2.25. The van der Waals surface area contributed by atoms with E-state index in [1.807, 2.05) is 0 Å². The van der Waals surface area contributed by atoms with E-state index < -0.39 is 24.1 Å². The molecule has 5 heteroatoms. The lowest BCUT2D eigenvalue weighted by atomic mass is 10.1. The summed E-state index contributed by atoms with van der Waals surface area (Å²) >= 11 is 0. The molecule has 0 aromatic rings. The molecule has 0 aromatic carbocycles. The van der Waals surface area contributed by atoms with Gasteiger partial charge in [-0.05, 0) is 20.8 Å². The molecule has 96 valence electrons. The molecule has 1 N–H and O–H groups in total. The lowest BCUT2D eigenvalue weighted by molar-refractivity contribution is -0.169. The Labute approximate surface area is 101 Å². The topological polar surface area (TPSA) is 72.8 Å².